The van der Waals surface area contributed by atoms with Crippen LogP contribution in [0.15, 0.2) is 18.2 Å². The number of carbonyl (C=O) groups excluding carboxylic acids is 1. The van der Waals surface area contributed by atoms with Crippen LogP contribution in [0.1, 0.15) is 24.0 Å². The molecule has 0 bridgehead atoms. The fourth-order valence-electron chi connectivity index (χ4n) is 1.98. The molecule has 1 aliphatic rings. The fraction of sp³-hybridized carbons (Fsp3) is 0.333. The molecular weight excluding hydrogens is 193 g/mol. The van der Waals surface area contributed by atoms with Crippen LogP contribution in [-0.4, -0.2) is 5.78 Å². The summed E-state index contributed by atoms with van der Waals surface area (Å²) in [5.41, 5.74) is 0.630. The lowest BCUT2D eigenvalue weighted by atomic mass is 9.64. The van der Waals surface area contributed by atoms with E-state index in [0.717, 1.165) is 5.56 Å². The summed E-state index contributed by atoms with van der Waals surface area (Å²) in [5.74, 6) is -0.280. The third kappa shape index (κ3) is 1.52. The van der Waals surface area contributed by atoms with Crippen LogP contribution in [0.25, 0.3) is 0 Å². The SMILES string of the molecule is Cc1cc(F)cc(C2(C#N)CC(=O)C2)c1. The zero-order valence-corrected chi connectivity index (χ0v) is 8.38. The van der Waals surface area contributed by atoms with Gasteiger partial charge in [-0.15, -0.1) is 0 Å². The zero-order chi connectivity index (χ0) is 11.1. The van der Waals surface area contributed by atoms with Crippen molar-refractivity contribution in [1.82, 2.24) is 0 Å². The minimum atomic E-state index is -0.774. The number of rotatable bonds is 1. The van der Waals surface area contributed by atoms with Gasteiger partial charge in [0.15, 0.2) is 0 Å². The summed E-state index contributed by atoms with van der Waals surface area (Å²) in [6, 6.07) is 6.67. The van der Waals surface area contributed by atoms with E-state index in [0.29, 0.717) is 5.56 Å². The molecule has 0 aromatic heterocycles. The topological polar surface area (TPSA) is 40.9 Å². The third-order valence-corrected chi connectivity index (χ3v) is 2.81. The van der Waals surface area contributed by atoms with Crippen molar-refractivity contribution in [1.29, 1.82) is 5.26 Å². The summed E-state index contributed by atoms with van der Waals surface area (Å²) in [4.78, 5) is 11.0. The number of hydrogen-bond donors (Lipinski definition) is 0. The van der Waals surface area contributed by atoms with Gasteiger partial charge in [-0.2, -0.15) is 5.26 Å². The number of benzene rings is 1. The number of ketones is 1. The molecule has 0 amide bonds. The minimum Gasteiger partial charge on any atom is -0.300 e. The second-order valence-electron chi connectivity index (χ2n) is 4.10. The number of nitriles is 1. The molecule has 0 unspecified atom stereocenters. The van der Waals surface area contributed by atoms with Crippen molar-refractivity contribution in [3.63, 3.8) is 0 Å². The van der Waals surface area contributed by atoms with Crippen LogP contribution in [0, 0.1) is 24.1 Å². The van der Waals surface area contributed by atoms with Gasteiger partial charge in [0.2, 0.25) is 0 Å². The Morgan fingerprint density at radius 3 is 2.53 bits per heavy atom. The van der Waals surface area contributed by atoms with Crippen LogP contribution in [0.2, 0.25) is 0 Å². The van der Waals surface area contributed by atoms with Gasteiger partial charge >= 0.3 is 0 Å². The largest absolute Gasteiger partial charge is 0.300 e. The van der Waals surface area contributed by atoms with Gasteiger partial charge < -0.3 is 0 Å². The van der Waals surface area contributed by atoms with Crippen molar-refractivity contribution in [3.05, 3.63) is 35.1 Å². The first kappa shape index (κ1) is 9.85. The van der Waals surface area contributed by atoms with E-state index in [1.54, 1.807) is 13.0 Å². The Morgan fingerprint density at radius 2 is 2.07 bits per heavy atom. The highest BCUT2D eigenvalue weighted by molar-refractivity contribution is 5.90. The van der Waals surface area contributed by atoms with Gasteiger partial charge in [0.25, 0.3) is 0 Å². The third-order valence-electron chi connectivity index (χ3n) is 2.81. The molecule has 1 fully saturated rings. The quantitative estimate of drug-likeness (QED) is 0.702. The van der Waals surface area contributed by atoms with Gasteiger partial charge in [-0.3, -0.25) is 4.79 Å². The average molecular weight is 203 g/mol. The molecule has 1 aliphatic carbocycles. The Morgan fingerprint density at radius 1 is 1.40 bits per heavy atom. The molecule has 0 heterocycles. The number of Topliss-reactive ketones (excluding diaryl/α,β-unsaturated/α-hetero) is 1. The summed E-state index contributed by atoms with van der Waals surface area (Å²) >= 11 is 0. The maximum Gasteiger partial charge on any atom is 0.136 e. The lowest BCUT2D eigenvalue weighted by Gasteiger charge is -2.34. The molecule has 15 heavy (non-hydrogen) atoms. The first-order valence-corrected chi connectivity index (χ1v) is 4.76. The van der Waals surface area contributed by atoms with Crippen molar-refractivity contribution in [2.24, 2.45) is 0 Å². The predicted molar refractivity (Wildman–Crippen MR) is 52.7 cm³/mol. The summed E-state index contributed by atoms with van der Waals surface area (Å²) in [6.07, 6.45) is 0.429. The molecule has 0 N–H and O–H groups in total. The molecule has 0 saturated heterocycles. The van der Waals surface area contributed by atoms with Crippen molar-refractivity contribution in [3.8, 4) is 6.07 Å². The lowest BCUT2D eigenvalue weighted by Crippen LogP contribution is -2.40. The van der Waals surface area contributed by atoms with Crippen LogP contribution in [-0.2, 0) is 10.2 Å². The molecular formula is C12H10FNO. The average Bonchev–Trinajstić information content (AvgIpc) is 2.10. The number of aryl methyl sites for hydroxylation is 1. The summed E-state index contributed by atoms with van der Waals surface area (Å²) in [6.45, 7) is 1.78. The van der Waals surface area contributed by atoms with Gasteiger partial charge in [0.1, 0.15) is 11.6 Å². The highest BCUT2D eigenvalue weighted by Gasteiger charge is 2.45. The standard InChI is InChI=1S/C12H10FNO/c1-8-2-9(4-10(13)3-8)12(7-14)5-11(15)6-12/h2-4H,5-6H2,1H3. The maximum atomic E-state index is 13.2. The van der Waals surface area contributed by atoms with Gasteiger partial charge in [-0.05, 0) is 30.2 Å². The van der Waals surface area contributed by atoms with E-state index in [9.17, 15) is 9.18 Å². The molecule has 0 atom stereocenters. The molecule has 0 radical (unpaired) electrons. The molecule has 1 aromatic rings. The van der Waals surface area contributed by atoms with E-state index in [-0.39, 0.29) is 24.4 Å². The second kappa shape index (κ2) is 3.16. The van der Waals surface area contributed by atoms with E-state index >= 15 is 0 Å². The Hall–Kier alpha value is -1.69. The van der Waals surface area contributed by atoms with Crippen molar-refractivity contribution < 1.29 is 9.18 Å². The maximum absolute atomic E-state index is 13.2. The van der Waals surface area contributed by atoms with Crippen LogP contribution in [0.4, 0.5) is 4.39 Å². The van der Waals surface area contributed by atoms with Crippen LogP contribution in [0.5, 0.6) is 0 Å². The van der Waals surface area contributed by atoms with Crippen molar-refractivity contribution in [2.75, 3.05) is 0 Å². The molecule has 1 saturated carbocycles. The predicted octanol–water partition coefficient (Wildman–Crippen LogP) is 2.26. The van der Waals surface area contributed by atoms with E-state index in [2.05, 4.69) is 6.07 Å². The normalized spacial score (nSPS) is 18.1. The fourth-order valence-corrected chi connectivity index (χ4v) is 1.98. The number of nitrogens with zero attached hydrogens (tertiary/aromatic N) is 1. The van der Waals surface area contributed by atoms with Crippen LogP contribution >= 0.6 is 0 Å². The number of halogens is 1. The Bertz CT molecular complexity index is 445. The van der Waals surface area contributed by atoms with E-state index < -0.39 is 5.41 Å². The van der Waals surface area contributed by atoms with Gasteiger partial charge in [0.05, 0.1) is 11.5 Å². The summed E-state index contributed by atoms with van der Waals surface area (Å²) in [5, 5.41) is 9.06. The monoisotopic (exact) mass is 203 g/mol. The van der Waals surface area contributed by atoms with E-state index in [1.807, 2.05) is 0 Å². The first-order chi connectivity index (χ1) is 7.05. The zero-order valence-electron chi connectivity index (χ0n) is 8.38. The van der Waals surface area contributed by atoms with Crippen molar-refractivity contribution >= 4 is 5.78 Å². The molecule has 0 spiro atoms. The molecule has 1 aromatic carbocycles. The second-order valence-corrected chi connectivity index (χ2v) is 4.10. The Balaban J connectivity index is 2.45. The molecule has 3 heteroatoms. The van der Waals surface area contributed by atoms with Crippen LogP contribution < -0.4 is 0 Å². The van der Waals surface area contributed by atoms with Crippen molar-refractivity contribution in [2.45, 2.75) is 25.2 Å². The summed E-state index contributed by atoms with van der Waals surface area (Å²) < 4.78 is 13.2. The number of carbonyl (C=O) groups is 1. The molecule has 2 rings (SSSR count). The van der Waals surface area contributed by atoms with Gasteiger partial charge in [-0.25, -0.2) is 4.39 Å². The van der Waals surface area contributed by atoms with E-state index in [1.165, 1.54) is 12.1 Å². The summed E-state index contributed by atoms with van der Waals surface area (Å²) in [7, 11) is 0. The van der Waals surface area contributed by atoms with Gasteiger partial charge in [-0.1, -0.05) is 6.07 Å². The number of hydrogen-bond acceptors (Lipinski definition) is 2. The Kier molecular flexibility index (Phi) is 2.08. The smallest absolute Gasteiger partial charge is 0.136 e. The Labute approximate surface area is 87.3 Å². The molecule has 0 aliphatic heterocycles. The van der Waals surface area contributed by atoms with Gasteiger partial charge in [0, 0.05) is 12.8 Å². The van der Waals surface area contributed by atoms with E-state index in [4.69, 9.17) is 5.26 Å². The molecule has 2 nitrogen and oxygen atoms in total. The first-order valence-electron chi connectivity index (χ1n) is 4.76. The highest BCUT2D eigenvalue weighted by Crippen LogP contribution is 2.41. The highest BCUT2D eigenvalue weighted by atomic mass is 19.1. The lowest BCUT2D eigenvalue weighted by molar-refractivity contribution is -0.126. The molecule has 76 valence electrons. The van der Waals surface area contributed by atoms with Crippen LogP contribution in [0.3, 0.4) is 0 Å². The minimum absolute atomic E-state index is 0.0680.